The topological polar surface area (TPSA) is 105 Å². The number of amides is 1. The van der Waals surface area contributed by atoms with E-state index < -0.39 is 53.1 Å². The summed E-state index contributed by atoms with van der Waals surface area (Å²) >= 11 is 12.4. The van der Waals surface area contributed by atoms with Gasteiger partial charge in [-0.25, -0.2) is 0 Å². The summed E-state index contributed by atoms with van der Waals surface area (Å²) < 4.78 is 44.5. The van der Waals surface area contributed by atoms with Crippen LogP contribution in [0.3, 0.4) is 0 Å². The highest BCUT2D eigenvalue weighted by Crippen LogP contribution is 2.57. The van der Waals surface area contributed by atoms with Crippen molar-refractivity contribution < 1.29 is 32.7 Å². The van der Waals surface area contributed by atoms with E-state index in [2.05, 4.69) is 10.1 Å². The second-order valence-corrected chi connectivity index (χ2v) is 13.3. The van der Waals surface area contributed by atoms with E-state index in [4.69, 9.17) is 23.2 Å². The molecule has 0 saturated heterocycles. The molecule has 0 bridgehead atoms. The molecule has 2 aromatic rings. The number of pyridine rings is 1. The lowest BCUT2D eigenvalue weighted by atomic mass is 9.74. The summed E-state index contributed by atoms with van der Waals surface area (Å²) in [5.41, 5.74) is -2.51. The molecule has 3 aliphatic rings. The van der Waals surface area contributed by atoms with Gasteiger partial charge in [0.1, 0.15) is 0 Å². The van der Waals surface area contributed by atoms with Crippen LogP contribution in [0.5, 0.6) is 0 Å². The Balaban J connectivity index is 1.44. The smallest absolute Gasteiger partial charge is 0.433 e. The van der Waals surface area contributed by atoms with Crippen LogP contribution in [0.25, 0.3) is 0 Å². The third kappa shape index (κ3) is 6.18. The first-order valence-corrected chi connectivity index (χ1v) is 15.0. The predicted octanol–water partition coefficient (Wildman–Crippen LogP) is 7.11. The average Bonchev–Trinajstić information content (AvgIpc) is 3.52. The molecule has 13 heteroatoms. The number of aliphatic carboxylic acids is 1. The van der Waals surface area contributed by atoms with Gasteiger partial charge in [0, 0.05) is 18.9 Å². The molecule has 0 aromatic carbocycles. The van der Waals surface area contributed by atoms with Crippen molar-refractivity contribution in [3.05, 3.63) is 45.5 Å². The van der Waals surface area contributed by atoms with Crippen LogP contribution in [0.1, 0.15) is 104 Å². The minimum Gasteiger partial charge on any atom is -0.481 e. The molecule has 228 valence electrons. The van der Waals surface area contributed by atoms with E-state index >= 15 is 0 Å². The van der Waals surface area contributed by atoms with Crippen LogP contribution in [0.4, 0.5) is 13.2 Å². The molecule has 0 atom stereocenters. The molecule has 3 aliphatic carbocycles. The van der Waals surface area contributed by atoms with Gasteiger partial charge in [-0.15, -0.1) is 0 Å². The molecule has 2 heterocycles. The number of hydrogen-bond donors (Lipinski definition) is 1. The van der Waals surface area contributed by atoms with Gasteiger partial charge in [0.25, 0.3) is 5.91 Å². The number of hydrogen-bond acceptors (Lipinski definition) is 5. The Morgan fingerprint density at radius 2 is 1.60 bits per heavy atom. The van der Waals surface area contributed by atoms with Gasteiger partial charge in [0.15, 0.2) is 11.5 Å². The van der Waals surface area contributed by atoms with Gasteiger partial charge in [-0.2, -0.15) is 18.3 Å². The molecule has 3 fully saturated rings. The quantitative estimate of drug-likeness (QED) is 0.312. The largest absolute Gasteiger partial charge is 0.481 e. The van der Waals surface area contributed by atoms with E-state index in [1.807, 2.05) is 0 Å². The summed E-state index contributed by atoms with van der Waals surface area (Å²) in [6.07, 6.45) is 5.22. The minimum atomic E-state index is -4.91. The molecule has 5 rings (SSSR count). The zero-order valence-corrected chi connectivity index (χ0v) is 24.7. The number of alkyl halides is 3. The van der Waals surface area contributed by atoms with Crippen molar-refractivity contribution in [1.29, 1.82) is 0 Å². The van der Waals surface area contributed by atoms with Crippen molar-refractivity contribution in [1.82, 2.24) is 19.7 Å². The number of nitrogens with zero attached hydrogens (tertiary/aromatic N) is 4. The molecule has 8 nitrogen and oxygen atoms in total. The number of carbonyl (C=O) groups excluding carboxylic acids is 2. The van der Waals surface area contributed by atoms with E-state index in [0.29, 0.717) is 5.41 Å². The van der Waals surface area contributed by atoms with Crippen molar-refractivity contribution in [3.8, 4) is 0 Å². The first-order chi connectivity index (χ1) is 19.7. The Labute approximate surface area is 251 Å². The van der Waals surface area contributed by atoms with Crippen molar-refractivity contribution >= 4 is 40.9 Å². The summed E-state index contributed by atoms with van der Waals surface area (Å²) in [4.78, 5) is 43.9. The van der Waals surface area contributed by atoms with Crippen LogP contribution < -0.4 is 0 Å². The van der Waals surface area contributed by atoms with Crippen LogP contribution >= 0.6 is 23.2 Å². The van der Waals surface area contributed by atoms with Crippen LogP contribution in [-0.4, -0.2) is 55.5 Å². The van der Waals surface area contributed by atoms with Gasteiger partial charge < -0.3 is 10.0 Å². The van der Waals surface area contributed by atoms with E-state index in [0.717, 1.165) is 36.6 Å². The molecule has 3 saturated carbocycles. The molecule has 0 aliphatic heterocycles. The van der Waals surface area contributed by atoms with Crippen LogP contribution in [0.2, 0.25) is 10.0 Å². The van der Waals surface area contributed by atoms with Crippen molar-refractivity contribution in [3.63, 3.8) is 0 Å². The highest BCUT2D eigenvalue weighted by atomic mass is 35.5. The van der Waals surface area contributed by atoms with E-state index in [1.54, 1.807) is 6.92 Å². The number of carboxylic acids is 1. The highest BCUT2D eigenvalue weighted by Gasteiger charge is 2.47. The lowest BCUT2D eigenvalue weighted by Crippen LogP contribution is -2.41. The van der Waals surface area contributed by atoms with Crippen molar-refractivity contribution in [2.75, 3.05) is 13.1 Å². The monoisotopic (exact) mass is 628 g/mol. The lowest BCUT2D eigenvalue weighted by molar-refractivity contribution is -0.152. The third-order valence-electron chi connectivity index (χ3n) is 9.57. The Bertz CT molecular complexity index is 1350. The maximum absolute atomic E-state index is 14.6. The number of halogens is 5. The lowest BCUT2D eigenvalue weighted by Gasteiger charge is -2.35. The summed E-state index contributed by atoms with van der Waals surface area (Å²) in [6.45, 7) is 1.19. The first-order valence-electron chi connectivity index (χ1n) is 14.2. The van der Waals surface area contributed by atoms with Gasteiger partial charge in [-0.05, 0) is 82.5 Å². The highest BCUT2D eigenvalue weighted by molar-refractivity contribution is 6.39. The van der Waals surface area contributed by atoms with E-state index in [-0.39, 0.29) is 53.8 Å². The van der Waals surface area contributed by atoms with Crippen LogP contribution in [0, 0.1) is 16.7 Å². The second kappa shape index (κ2) is 11.4. The summed E-state index contributed by atoms with van der Waals surface area (Å²) in [5, 5.41) is 13.5. The molecular weight excluding hydrogens is 596 g/mol. The number of Topliss-reactive ketones (excluding diaryl/α,β-unsaturated/α-hetero) is 1. The van der Waals surface area contributed by atoms with Crippen molar-refractivity contribution in [2.45, 2.75) is 83.4 Å². The average molecular weight is 630 g/mol. The van der Waals surface area contributed by atoms with Crippen molar-refractivity contribution in [2.24, 2.45) is 16.7 Å². The minimum absolute atomic E-state index is 0.0114. The number of rotatable bonds is 8. The van der Waals surface area contributed by atoms with Gasteiger partial charge in [0.2, 0.25) is 0 Å². The standard InChI is InChI=1S/C29H33Cl2F3N4O4/c1-27(26(41)42)6-4-18(5-7-27)38-24(29(32,33)34)19(12-36-38)25(40)37(15-17-2-8-28(9-3-17)10-11-28)16-22(39)23-20(30)13-35-14-21(23)31/h12-14,17-18H,2-11,15-16H2,1H3,(H,41,42)/t18-,27-. The third-order valence-corrected chi connectivity index (χ3v) is 10.1. The molecule has 0 radical (unpaired) electrons. The number of ketones is 1. The second-order valence-electron chi connectivity index (χ2n) is 12.5. The number of carbonyl (C=O) groups is 3. The van der Waals surface area contributed by atoms with Gasteiger partial charge in [0.05, 0.1) is 45.4 Å². The Morgan fingerprint density at radius 1 is 1.00 bits per heavy atom. The Morgan fingerprint density at radius 3 is 2.12 bits per heavy atom. The molecule has 1 amide bonds. The Hall–Kier alpha value is -2.66. The van der Waals surface area contributed by atoms with Gasteiger partial charge in [-0.3, -0.25) is 24.0 Å². The molecule has 1 spiro atoms. The Kier molecular flexibility index (Phi) is 8.39. The molecular formula is C29H33Cl2F3N4O4. The van der Waals surface area contributed by atoms with Gasteiger partial charge >= 0.3 is 12.1 Å². The van der Waals surface area contributed by atoms with Crippen LogP contribution in [0.15, 0.2) is 18.6 Å². The summed E-state index contributed by atoms with van der Waals surface area (Å²) in [7, 11) is 0. The predicted molar refractivity (Wildman–Crippen MR) is 149 cm³/mol. The molecule has 42 heavy (non-hydrogen) atoms. The maximum Gasteiger partial charge on any atom is 0.433 e. The molecule has 1 N–H and O–H groups in total. The van der Waals surface area contributed by atoms with E-state index in [9.17, 15) is 32.7 Å². The van der Waals surface area contributed by atoms with E-state index in [1.165, 1.54) is 30.1 Å². The SMILES string of the molecule is C[C@]1(C(=O)O)CC[C@H](n2ncc(C(=O)N(CC(=O)c3c(Cl)cncc3Cl)CC3CCC4(CC3)CC4)c2C(F)(F)F)CC1. The molecule has 2 aromatic heterocycles. The maximum atomic E-state index is 14.6. The van der Waals surface area contributed by atoms with Crippen LogP contribution in [-0.2, 0) is 11.0 Å². The number of aromatic nitrogens is 3. The first kappa shape index (κ1) is 30.8. The van der Waals surface area contributed by atoms with Gasteiger partial charge in [-0.1, -0.05) is 23.2 Å². The summed E-state index contributed by atoms with van der Waals surface area (Å²) in [5.74, 6) is -2.50. The zero-order chi connectivity index (χ0) is 30.4. The summed E-state index contributed by atoms with van der Waals surface area (Å²) in [6, 6.07) is -0.715. The molecule has 0 unspecified atom stereocenters. The fourth-order valence-electron chi connectivity index (χ4n) is 6.56. The fraction of sp³-hybridized carbons (Fsp3) is 0.621. The number of carboxylic acid groups (broad SMARTS) is 1. The fourth-order valence-corrected chi connectivity index (χ4v) is 7.13. The normalized spacial score (nSPS) is 24.0. The zero-order valence-electron chi connectivity index (χ0n) is 23.2.